The number of rotatable bonds is 8. The largest absolute Gasteiger partial charge is 0.379 e. The number of hydrogen-bond donors (Lipinski definition) is 1. The van der Waals surface area contributed by atoms with Gasteiger partial charge in [-0.3, -0.25) is 14.9 Å². The van der Waals surface area contributed by atoms with Crippen LogP contribution >= 0.6 is 0 Å². The van der Waals surface area contributed by atoms with E-state index in [1.165, 1.54) is 0 Å². The van der Waals surface area contributed by atoms with Gasteiger partial charge in [-0.1, -0.05) is 6.08 Å². The Bertz CT molecular complexity index is 549. The second-order valence-electron chi connectivity index (χ2n) is 3.99. The second-order valence-corrected chi connectivity index (χ2v) is 3.99. The lowest BCUT2D eigenvalue weighted by Crippen LogP contribution is -2.28. The first-order chi connectivity index (χ1) is 9.97. The Labute approximate surface area is 119 Å². The molecule has 8 heteroatoms. The SMILES string of the molecule is C=CCCOCCNC(=O)c1cc(F)c(F)cc1[N+](=O)[O-]. The lowest BCUT2D eigenvalue weighted by molar-refractivity contribution is -0.385. The van der Waals surface area contributed by atoms with Crippen LogP contribution < -0.4 is 5.32 Å². The number of halogens is 2. The summed E-state index contributed by atoms with van der Waals surface area (Å²) < 4.78 is 31.2. The molecule has 0 unspecified atom stereocenters. The number of carbonyl (C=O) groups is 1. The van der Waals surface area contributed by atoms with Gasteiger partial charge in [0.25, 0.3) is 11.6 Å². The molecule has 0 saturated heterocycles. The van der Waals surface area contributed by atoms with Crippen LogP contribution in [-0.4, -0.2) is 30.6 Å². The third kappa shape index (κ3) is 4.92. The first kappa shape index (κ1) is 16.7. The zero-order valence-corrected chi connectivity index (χ0v) is 11.1. The molecule has 0 aromatic heterocycles. The molecule has 21 heavy (non-hydrogen) atoms. The summed E-state index contributed by atoms with van der Waals surface area (Å²) in [7, 11) is 0. The Morgan fingerprint density at radius 3 is 2.67 bits per heavy atom. The third-order valence-electron chi connectivity index (χ3n) is 2.48. The summed E-state index contributed by atoms with van der Waals surface area (Å²) in [6.45, 7) is 4.22. The van der Waals surface area contributed by atoms with E-state index >= 15 is 0 Å². The number of amides is 1. The number of nitro groups is 1. The van der Waals surface area contributed by atoms with Crippen molar-refractivity contribution >= 4 is 11.6 Å². The summed E-state index contributed by atoms with van der Waals surface area (Å²) in [5, 5.41) is 13.1. The maximum atomic E-state index is 13.1. The minimum absolute atomic E-state index is 0.0894. The van der Waals surface area contributed by atoms with Crippen molar-refractivity contribution in [3.05, 3.63) is 52.1 Å². The van der Waals surface area contributed by atoms with Crippen LogP contribution in [0.3, 0.4) is 0 Å². The average molecular weight is 300 g/mol. The fraction of sp³-hybridized carbons (Fsp3) is 0.308. The number of nitrogens with one attached hydrogen (secondary N) is 1. The van der Waals surface area contributed by atoms with E-state index in [-0.39, 0.29) is 13.2 Å². The molecular formula is C13H14F2N2O4. The van der Waals surface area contributed by atoms with Crippen LogP contribution in [0.2, 0.25) is 0 Å². The minimum Gasteiger partial charge on any atom is -0.379 e. The van der Waals surface area contributed by atoms with Crippen LogP contribution in [-0.2, 0) is 4.74 Å². The van der Waals surface area contributed by atoms with Crippen molar-refractivity contribution in [2.75, 3.05) is 19.8 Å². The van der Waals surface area contributed by atoms with Gasteiger partial charge in [0.05, 0.1) is 24.2 Å². The van der Waals surface area contributed by atoms with Gasteiger partial charge in [0, 0.05) is 6.54 Å². The molecule has 0 heterocycles. The molecule has 0 aliphatic heterocycles. The smallest absolute Gasteiger partial charge is 0.285 e. The maximum Gasteiger partial charge on any atom is 0.285 e. The fourth-order valence-electron chi connectivity index (χ4n) is 1.47. The molecule has 6 nitrogen and oxygen atoms in total. The van der Waals surface area contributed by atoms with Crippen LogP contribution in [0.25, 0.3) is 0 Å². The molecule has 0 saturated carbocycles. The molecular weight excluding hydrogens is 286 g/mol. The van der Waals surface area contributed by atoms with Crippen molar-refractivity contribution in [1.29, 1.82) is 0 Å². The number of benzene rings is 1. The second kappa shape index (κ2) is 8.05. The van der Waals surface area contributed by atoms with Gasteiger partial charge in [0.2, 0.25) is 0 Å². The molecule has 0 bridgehead atoms. The van der Waals surface area contributed by atoms with Crippen LogP contribution in [0.4, 0.5) is 14.5 Å². The fourth-order valence-corrected chi connectivity index (χ4v) is 1.47. The number of ether oxygens (including phenoxy) is 1. The molecule has 0 aliphatic rings. The zero-order valence-electron chi connectivity index (χ0n) is 11.1. The summed E-state index contributed by atoms with van der Waals surface area (Å²) in [6, 6.07) is 0.881. The van der Waals surface area contributed by atoms with Crippen LogP contribution in [0.1, 0.15) is 16.8 Å². The number of nitrogens with zero attached hydrogens (tertiary/aromatic N) is 1. The van der Waals surface area contributed by atoms with Crippen molar-refractivity contribution in [3.8, 4) is 0 Å². The Hall–Kier alpha value is -2.35. The van der Waals surface area contributed by atoms with E-state index in [1.54, 1.807) is 6.08 Å². The Morgan fingerprint density at radius 1 is 1.38 bits per heavy atom. The summed E-state index contributed by atoms with van der Waals surface area (Å²) in [5.41, 5.74) is -1.33. The highest BCUT2D eigenvalue weighted by Gasteiger charge is 2.23. The van der Waals surface area contributed by atoms with E-state index < -0.39 is 33.7 Å². The Balaban J connectivity index is 2.67. The predicted octanol–water partition coefficient (Wildman–Crippen LogP) is 2.20. The third-order valence-corrected chi connectivity index (χ3v) is 2.48. The average Bonchev–Trinajstić information content (AvgIpc) is 2.44. The van der Waals surface area contributed by atoms with Crippen LogP contribution in [0.5, 0.6) is 0 Å². The molecule has 0 atom stereocenters. The molecule has 0 radical (unpaired) electrons. The first-order valence-electron chi connectivity index (χ1n) is 6.07. The molecule has 1 N–H and O–H groups in total. The highest BCUT2D eigenvalue weighted by molar-refractivity contribution is 5.98. The molecule has 1 aromatic carbocycles. The van der Waals surface area contributed by atoms with Crippen LogP contribution in [0, 0.1) is 21.7 Å². The van der Waals surface area contributed by atoms with E-state index in [0.717, 1.165) is 0 Å². The molecule has 0 aliphatic carbocycles. The minimum atomic E-state index is -1.38. The van der Waals surface area contributed by atoms with Crippen molar-refractivity contribution in [2.45, 2.75) is 6.42 Å². The molecule has 0 fully saturated rings. The maximum absolute atomic E-state index is 13.1. The van der Waals surface area contributed by atoms with E-state index in [0.29, 0.717) is 25.2 Å². The highest BCUT2D eigenvalue weighted by atomic mass is 19.2. The predicted molar refractivity (Wildman–Crippen MR) is 71.0 cm³/mol. The topological polar surface area (TPSA) is 81.5 Å². The van der Waals surface area contributed by atoms with E-state index in [4.69, 9.17) is 4.74 Å². The normalized spacial score (nSPS) is 10.2. The lowest BCUT2D eigenvalue weighted by atomic mass is 10.1. The summed E-state index contributed by atoms with van der Waals surface area (Å²) in [6.07, 6.45) is 2.33. The lowest BCUT2D eigenvalue weighted by Gasteiger charge is -2.07. The van der Waals surface area contributed by atoms with E-state index in [2.05, 4.69) is 11.9 Å². The zero-order chi connectivity index (χ0) is 15.8. The standard InChI is InChI=1S/C13H14F2N2O4/c1-2-3-5-21-6-4-16-13(18)9-7-10(14)11(15)8-12(9)17(19)20/h2,7-8H,1,3-6H2,(H,16,18). The molecule has 1 aromatic rings. The summed E-state index contributed by atoms with van der Waals surface area (Å²) >= 11 is 0. The van der Waals surface area contributed by atoms with Crippen LogP contribution in [0.15, 0.2) is 24.8 Å². The molecule has 1 rings (SSSR count). The molecule has 114 valence electrons. The number of carbonyl (C=O) groups excluding carboxylic acids is 1. The number of nitro benzene ring substituents is 1. The number of hydrogen-bond acceptors (Lipinski definition) is 4. The van der Waals surface area contributed by atoms with Gasteiger partial charge in [-0.15, -0.1) is 6.58 Å². The summed E-state index contributed by atoms with van der Waals surface area (Å²) in [5.74, 6) is -3.58. The van der Waals surface area contributed by atoms with Crippen molar-refractivity contribution in [3.63, 3.8) is 0 Å². The van der Waals surface area contributed by atoms with Gasteiger partial charge in [-0.05, 0) is 12.5 Å². The van der Waals surface area contributed by atoms with Gasteiger partial charge in [-0.2, -0.15) is 0 Å². The Morgan fingerprint density at radius 2 is 2.05 bits per heavy atom. The quantitative estimate of drug-likeness (QED) is 0.345. The van der Waals surface area contributed by atoms with Gasteiger partial charge < -0.3 is 10.1 Å². The van der Waals surface area contributed by atoms with E-state index in [1.807, 2.05) is 0 Å². The Kier molecular flexibility index (Phi) is 6.41. The molecule has 0 spiro atoms. The van der Waals surface area contributed by atoms with Gasteiger partial charge >= 0.3 is 0 Å². The van der Waals surface area contributed by atoms with Crippen molar-refractivity contribution < 1.29 is 23.2 Å². The van der Waals surface area contributed by atoms with Gasteiger partial charge in [-0.25, -0.2) is 8.78 Å². The summed E-state index contributed by atoms with van der Waals surface area (Å²) in [4.78, 5) is 21.5. The van der Waals surface area contributed by atoms with Gasteiger partial charge in [0.15, 0.2) is 11.6 Å². The van der Waals surface area contributed by atoms with Crippen molar-refractivity contribution in [2.24, 2.45) is 0 Å². The first-order valence-corrected chi connectivity index (χ1v) is 6.07. The molecule has 1 amide bonds. The van der Waals surface area contributed by atoms with Crippen molar-refractivity contribution in [1.82, 2.24) is 5.32 Å². The van der Waals surface area contributed by atoms with E-state index in [9.17, 15) is 23.7 Å². The van der Waals surface area contributed by atoms with Gasteiger partial charge in [0.1, 0.15) is 5.56 Å². The monoisotopic (exact) mass is 300 g/mol. The highest BCUT2D eigenvalue weighted by Crippen LogP contribution is 2.22.